The highest BCUT2D eigenvalue weighted by Gasteiger charge is 2.32. The lowest BCUT2D eigenvalue weighted by Crippen LogP contribution is -2.17. The summed E-state index contributed by atoms with van der Waals surface area (Å²) in [5.74, 6) is -1.12. The molecule has 2 rings (SSSR count). The third-order valence-corrected chi connectivity index (χ3v) is 3.43. The molecule has 0 unspecified atom stereocenters. The monoisotopic (exact) mass is 404 g/mol. The van der Waals surface area contributed by atoms with E-state index in [9.17, 15) is 18.0 Å². The second-order valence-corrected chi connectivity index (χ2v) is 5.49. The Morgan fingerprint density at radius 2 is 1.79 bits per heavy atom. The standard InChI is InChI=1S/C16H12BrF3O4/c1-22-15(21)12-8-11(17)7-6-10(12)9-23-13-4-2-3-5-14(13)24-16(18,19)20/h2-8H,9H2,1H3. The van der Waals surface area contributed by atoms with Crippen molar-refractivity contribution in [3.8, 4) is 11.5 Å². The number of hydrogen-bond donors (Lipinski definition) is 0. The van der Waals surface area contributed by atoms with Gasteiger partial charge < -0.3 is 14.2 Å². The lowest BCUT2D eigenvalue weighted by atomic mass is 10.1. The van der Waals surface area contributed by atoms with Crippen LogP contribution in [0.1, 0.15) is 15.9 Å². The zero-order valence-electron chi connectivity index (χ0n) is 12.4. The quantitative estimate of drug-likeness (QED) is 0.676. The van der Waals surface area contributed by atoms with Gasteiger partial charge in [0.2, 0.25) is 0 Å². The Morgan fingerprint density at radius 1 is 1.12 bits per heavy atom. The van der Waals surface area contributed by atoms with Crippen LogP contribution < -0.4 is 9.47 Å². The fraction of sp³-hybridized carbons (Fsp3) is 0.188. The largest absolute Gasteiger partial charge is 0.573 e. The van der Waals surface area contributed by atoms with Gasteiger partial charge in [-0.05, 0) is 24.3 Å². The van der Waals surface area contributed by atoms with Crippen LogP contribution in [0.25, 0.3) is 0 Å². The van der Waals surface area contributed by atoms with Crippen LogP contribution in [0.15, 0.2) is 46.9 Å². The van der Waals surface area contributed by atoms with E-state index in [1.54, 1.807) is 18.2 Å². The Morgan fingerprint density at radius 3 is 2.42 bits per heavy atom. The van der Waals surface area contributed by atoms with Crippen LogP contribution in [0.5, 0.6) is 11.5 Å². The summed E-state index contributed by atoms with van der Waals surface area (Å²) < 4.78 is 51.9. The molecule has 0 radical (unpaired) electrons. The van der Waals surface area contributed by atoms with Crippen molar-refractivity contribution in [1.82, 2.24) is 0 Å². The zero-order chi connectivity index (χ0) is 17.7. The molecular weight excluding hydrogens is 393 g/mol. The summed E-state index contributed by atoms with van der Waals surface area (Å²) in [7, 11) is 1.24. The van der Waals surface area contributed by atoms with E-state index in [2.05, 4.69) is 25.4 Å². The first kappa shape index (κ1) is 18.1. The van der Waals surface area contributed by atoms with Crippen LogP contribution in [0.2, 0.25) is 0 Å². The molecule has 0 aliphatic heterocycles. The van der Waals surface area contributed by atoms with Gasteiger partial charge in [-0.15, -0.1) is 13.2 Å². The second kappa shape index (κ2) is 7.57. The predicted molar refractivity (Wildman–Crippen MR) is 82.9 cm³/mol. The lowest BCUT2D eigenvalue weighted by molar-refractivity contribution is -0.275. The van der Waals surface area contributed by atoms with Gasteiger partial charge in [0.15, 0.2) is 11.5 Å². The number of carbonyl (C=O) groups excluding carboxylic acids is 1. The van der Waals surface area contributed by atoms with E-state index in [1.807, 2.05) is 0 Å². The van der Waals surface area contributed by atoms with Gasteiger partial charge in [-0.1, -0.05) is 34.1 Å². The van der Waals surface area contributed by atoms with E-state index in [0.717, 1.165) is 6.07 Å². The van der Waals surface area contributed by atoms with Crippen molar-refractivity contribution >= 4 is 21.9 Å². The summed E-state index contributed by atoms with van der Waals surface area (Å²) in [5.41, 5.74) is 0.716. The Kier molecular flexibility index (Phi) is 5.71. The molecule has 0 N–H and O–H groups in total. The Balaban J connectivity index is 2.22. The summed E-state index contributed by atoms with van der Waals surface area (Å²) in [6.07, 6.45) is -4.83. The van der Waals surface area contributed by atoms with E-state index in [1.165, 1.54) is 25.3 Å². The van der Waals surface area contributed by atoms with Gasteiger partial charge in [-0.2, -0.15) is 0 Å². The van der Waals surface area contributed by atoms with Crippen molar-refractivity contribution in [2.24, 2.45) is 0 Å². The SMILES string of the molecule is COC(=O)c1cc(Br)ccc1COc1ccccc1OC(F)(F)F. The number of hydrogen-bond acceptors (Lipinski definition) is 4. The van der Waals surface area contributed by atoms with Gasteiger partial charge in [-0.25, -0.2) is 4.79 Å². The fourth-order valence-corrected chi connectivity index (χ4v) is 2.27. The number of benzene rings is 2. The normalized spacial score (nSPS) is 11.0. The molecule has 0 atom stereocenters. The average Bonchev–Trinajstić information content (AvgIpc) is 2.52. The highest BCUT2D eigenvalue weighted by Crippen LogP contribution is 2.32. The number of halogens is 4. The molecule has 0 fully saturated rings. The predicted octanol–water partition coefficient (Wildman–Crippen LogP) is 4.71. The molecule has 2 aromatic rings. The van der Waals surface area contributed by atoms with Gasteiger partial charge in [-0.3, -0.25) is 0 Å². The maximum Gasteiger partial charge on any atom is 0.573 e. The molecule has 0 aliphatic rings. The molecule has 0 aliphatic carbocycles. The van der Waals surface area contributed by atoms with Crippen molar-refractivity contribution in [2.45, 2.75) is 13.0 Å². The molecule has 0 spiro atoms. The molecule has 24 heavy (non-hydrogen) atoms. The van der Waals surface area contributed by atoms with Crippen molar-refractivity contribution < 1.29 is 32.2 Å². The maximum absolute atomic E-state index is 12.4. The number of alkyl halides is 3. The molecule has 0 saturated carbocycles. The van der Waals surface area contributed by atoms with Crippen molar-refractivity contribution in [2.75, 3.05) is 7.11 Å². The van der Waals surface area contributed by atoms with Crippen molar-refractivity contribution in [3.63, 3.8) is 0 Å². The smallest absolute Gasteiger partial charge is 0.485 e. The van der Waals surface area contributed by atoms with Gasteiger partial charge in [0.1, 0.15) is 6.61 Å². The number of rotatable bonds is 5. The summed E-state index contributed by atoms with van der Waals surface area (Å²) in [5, 5.41) is 0. The van der Waals surface area contributed by atoms with Crippen LogP contribution in [-0.2, 0) is 11.3 Å². The van der Waals surface area contributed by atoms with E-state index in [-0.39, 0.29) is 17.9 Å². The molecule has 8 heteroatoms. The molecule has 0 bridgehead atoms. The molecule has 0 aromatic heterocycles. The van der Waals surface area contributed by atoms with Crippen LogP contribution in [0, 0.1) is 0 Å². The first-order chi connectivity index (χ1) is 11.3. The van der Waals surface area contributed by atoms with E-state index < -0.39 is 18.1 Å². The minimum Gasteiger partial charge on any atom is -0.485 e. The van der Waals surface area contributed by atoms with Gasteiger partial charge >= 0.3 is 12.3 Å². The molecule has 2 aromatic carbocycles. The second-order valence-electron chi connectivity index (χ2n) is 4.58. The minimum atomic E-state index is -4.83. The van der Waals surface area contributed by atoms with E-state index in [0.29, 0.717) is 10.0 Å². The molecule has 4 nitrogen and oxygen atoms in total. The maximum atomic E-state index is 12.4. The van der Waals surface area contributed by atoms with Crippen molar-refractivity contribution in [1.29, 1.82) is 0 Å². The summed E-state index contributed by atoms with van der Waals surface area (Å²) in [4.78, 5) is 11.8. The Labute approximate surface area is 144 Å². The van der Waals surface area contributed by atoms with Crippen LogP contribution in [-0.4, -0.2) is 19.4 Å². The van der Waals surface area contributed by atoms with E-state index in [4.69, 9.17) is 4.74 Å². The summed E-state index contributed by atoms with van der Waals surface area (Å²) in [6, 6.07) is 10.2. The fourth-order valence-electron chi connectivity index (χ4n) is 1.91. The Bertz CT molecular complexity index is 732. The first-order valence-electron chi connectivity index (χ1n) is 6.64. The van der Waals surface area contributed by atoms with Crippen LogP contribution in [0.3, 0.4) is 0 Å². The first-order valence-corrected chi connectivity index (χ1v) is 7.44. The van der Waals surface area contributed by atoms with E-state index >= 15 is 0 Å². The molecule has 128 valence electrons. The molecular formula is C16H12BrF3O4. The number of ether oxygens (including phenoxy) is 3. The molecule has 0 heterocycles. The third-order valence-electron chi connectivity index (χ3n) is 2.94. The van der Waals surface area contributed by atoms with Gasteiger partial charge in [0.25, 0.3) is 0 Å². The van der Waals surface area contributed by atoms with Crippen LogP contribution >= 0.6 is 15.9 Å². The molecule has 0 amide bonds. The summed E-state index contributed by atoms with van der Waals surface area (Å²) in [6.45, 7) is -0.129. The average molecular weight is 405 g/mol. The van der Waals surface area contributed by atoms with Crippen LogP contribution in [0.4, 0.5) is 13.2 Å². The topological polar surface area (TPSA) is 44.8 Å². The minimum absolute atomic E-state index is 0.0893. The van der Waals surface area contributed by atoms with Gasteiger partial charge in [0, 0.05) is 10.0 Å². The number of para-hydroxylation sites is 2. The highest BCUT2D eigenvalue weighted by atomic mass is 79.9. The Hall–Kier alpha value is -2.22. The summed E-state index contributed by atoms with van der Waals surface area (Å²) >= 11 is 3.24. The molecule has 0 saturated heterocycles. The van der Waals surface area contributed by atoms with Gasteiger partial charge in [0.05, 0.1) is 12.7 Å². The third kappa shape index (κ3) is 4.89. The number of carbonyl (C=O) groups is 1. The van der Waals surface area contributed by atoms with Crippen molar-refractivity contribution in [3.05, 3.63) is 58.1 Å². The zero-order valence-corrected chi connectivity index (χ0v) is 14.0. The lowest BCUT2D eigenvalue weighted by Gasteiger charge is -2.15. The number of esters is 1. The highest BCUT2D eigenvalue weighted by molar-refractivity contribution is 9.10. The number of methoxy groups -OCH3 is 1.